The highest BCUT2D eigenvalue weighted by Gasteiger charge is 2.40. The molecule has 4 heteroatoms. The number of morpholine rings is 1. The van der Waals surface area contributed by atoms with Crippen LogP contribution in [0.1, 0.15) is 38.3 Å². The highest BCUT2D eigenvalue weighted by Crippen LogP contribution is 2.35. The number of carbonyl (C=O) groups excluding carboxylic acids is 1. The van der Waals surface area contributed by atoms with Crippen LogP contribution in [-0.4, -0.2) is 41.9 Å². The second-order valence-electron chi connectivity index (χ2n) is 7.33. The highest BCUT2D eigenvalue weighted by molar-refractivity contribution is 5.78. The molecule has 0 N–H and O–H groups in total. The maximum absolute atomic E-state index is 12.6. The first kappa shape index (κ1) is 16.8. The van der Waals surface area contributed by atoms with Crippen LogP contribution in [0.4, 0.5) is 4.79 Å². The first-order valence-corrected chi connectivity index (χ1v) is 8.40. The molecule has 2 atom stereocenters. The Bertz CT molecular complexity index is 672. The van der Waals surface area contributed by atoms with E-state index in [2.05, 4.69) is 24.8 Å². The van der Waals surface area contributed by atoms with Gasteiger partial charge in [0.05, 0.1) is 25.3 Å². The van der Waals surface area contributed by atoms with Crippen LogP contribution in [0.25, 0.3) is 11.6 Å². The molecule has 2 aliphatic heterocycles. The van der Waals surface area contributed by atoms with Gasteiger partial charge in [-0.3, -0.25) is 4.90 Å². The van der Waals surface area contributed by atoms with Gasteiger partial charge < -0.3 is 9.47 Å². The number of hydrogen-bond donors (Lipinski definition) is 0. The second-order valence-corrected chi connectivity index (χ2v) is 7.33. The summed E-state index contributed by atoms with van der Waals surface area (Å²) in [7, 11) is 0. The van der Waals surface area contributed by atoms with Crippen LogP contribution in [0.2, 0.25) is 0 Å². The first-order chi connectivity index (χ1) is 11.4. The number of nitrogens with zero attached hydrogens (tertiary/aromatic N) is 1. The Kier molecular flexibility index (Phi) is 4.50. The van der Waals surface area contributed by atoms with Crippen molar-refractivity contribution in [2.24, 2.45) is 0 Å². The number of ether oxygens (including phenoxy) is 2. The molecule has 0 spiro atoms. The summed E-state index contributed by atoms with van der Waals surface area (Å²) in [5.74, 6) is 0. The van der Waals surface area contributed by atoms with E-state index in [-0.39, 0.29) is 18.2 Å². The minimum absolute atomic E-state index is 0.0106. The Morgan fingerprint density at radius 1 is 1.33 bits per heavy atom. The molecule has 1 fully saturated rings. The standard InChI is InChI=1S/C20H25NO3/c1-5-14-8-6-7-9-18(14)15-10-16-12-23-13-17(11-15)21(16)19(22)24-20(2,3)4/h5-10,16-17H,1,11-13H2,2-4H3. The van der Waals surface area contributed by atoms with Gasteiger partial charge in [0.2, 0.25) is 0 Å². The van der Waals surface area contributed by atoms with Gasteiger partial charge in [-0.1, -0.05) is 43.0 Å². The van der Waals surface area contributed by atoms with E-state index in [1.807, 2.05) is 43.9 Å². The van der Waals surface area contributed by atoms with E-state index in [1.54, 1.807) is 0 Å². The van der Waals surface area contributed by atoms with Crippen molar-refractivity contribution >= 4 is 17.7 Å². The van der Waals surface area contributed by atoms with Gasteiger partial charge in [0.25, 0.3) is 0 Å². The van der Waals surface area contributed by atoms with Crippen molar-refractivity contribution in [3.05, 3.63) is 48.0 Å². The zero-order chi connectivity index (χ0) is 17.3. The Morgan fingerprint density at radius 3 is 2.75 bits per heavy atom. The van der Waals surface area contributed by atoms with Crippen molar-refractivity contribution in [3.8, 4) is 0 Å². The summed E-state index contributed by atoms with van der Waals surface area (Å²) in [4.78, 5) is 14.4. The summed E-state index contributed by atoms with van der Waals surface area (Å²) in [6.45, 7) is 10.6. The molecule has 2 bridgehead atoms. The van der Waals surface area contributed by atoms with Gasteiger partial charge in [-0.05, 0) is 43.9 Å². The van der Waals surface area contributed by atoms with Crippen LogP contribution in [-0.2, 0) is 9.47 Å². The maximum atomic E-state index is 12.6. The van der Waals surface area contributed by atoms with Crippen molar-refractivity contribution < 1.29 is 14.3 Å². The first-order valence-electron chi connectivity index (χ1n) is 8.40. The number of amides is 1. The summed E-state index contributed by atoms with van der Waals surface area (Å²) in [6, 6.07) is 8.16. The van der Waals surface area contributed by atoms with Crippen LogP contribution in [0, 0.1) is 0 Å². The number of benzene rings is 1. The van der Waals surface area contributed by atoms with E-state index in [0.29, 0.717) is 13.2 Å². The summed E-state index contributed by atoms with van der Waals surface area (Å²) in [6.07, 6.45) is 4.53. The van der Waals surface area contributed by atoms with Crippen molar-refractivity contribution in [2.45, 2.75) is 44.9 Å². The Hall–Kier alpha value is -2.07. The average Bonchev–Trinajstić information content (AvgIpc) is 2.52. The number of rotatable bonds is 2. The highest BCUT2D eigenvalue weighted by atomic mass is 16.6. The lowest BCUT2D eigenvalue weighted by molar-refractivity contribution is -0.0510. The lowest BCUT2D eigenvalue weighted by Gasteiger charge is -2.44. The summed E-state index contributed by atoms with van der Waals surface area (Å²) >= 11 is 0. The van der Waals surface area contributed by atoms with Crippen LogP contribution >= 0.6 is 0 Å². The molecule has 24 heavy (non-hydrogen) atoms. The smallest absolute Gasteiger partial charge is 0.411 e. The molecule has 3 rings (SSSR count). The molecule has 2 unspecified atom stereocenters. The van der Waals surface area contributed by atoms with E-state index in [4.69, 9.17) is 9.47 Å². The van der Waals surface area contributed by atoms with Crippen LogP contribution < -0.4 is 0 Å². The third kappa shape index (κ3) is 3.39. The van der Waals surface area contributed by atoms with E-state index in [0.717, 1.165) is 12.0 Å². The van der Waals surface area contributed by atoms with Gasteiger partial charge in [0.1, 0.15) is 5.60 Å². The fourth-order valence-corrected chi connectivity index (χ4v) is 3.36. The minimum atomic E-state index is -0.494. The molecular formula is C20H25NO3. The maximum Gasteiger partial charge on any atom is 0.411 e. The minimum Gasteiger partial charge on any atom is -0.444 e. The van der Waals surface area contributed by atoms with Crippen LogP contribution in [0.3, 0.4) is 0 Å². The quantitative estimate of drug-likeness (QED) is 0.820. The molecule has 1 aromatic rings. The topological polar surface area (TPSA) is 38.8 Å². The Labute approximate surface area is 143 Å². The zero-order valence-corrected chi connectivity index (χ0v) is 14.6. The van der Waals surface area contributed by atoms with Gasteiger partial charge in [-0.15, -0.1) is 0 Å². The monoisotopic (exact) mass is 327 g/mol. The molecule has 2 heterocycles. The van der Waals surface area contributed by atoms with E-state index >= 15 is 0 Å². The van der Waals surface area contributed by atoms with Gasteiger partial charge in [0.15, 0.2) is 0 Å². The SMILES string of the molecule is C=Cc1ccccc1C1=CC2COCC(C1)N2C(=O)OC(C)(C)C. The molecule has 4 nitrogen and oxygen atoms in total. The van der Waals surface area contributed by atoms with E-state index in [9.17, 15) is 4.79 Å². The molecule has 1 amide bonds. The number of hydrogen-bond acceptors (Lipinski definition) is 3. The van der Waals surface area contributed by atoms with Gasteiger partial charge in [-0.2, -0.15) is 0 Å². The van der Waals surface area contributed by atoms with Crippen molar-refractivity contribution in [1.82, 2.24) is 4.90 Å². The van der Waals surface area contributed by atoms with E-state index < -0.39 is 5.60 Å². The Balaban J connectivity index is 1.90. The predicted octanol–water partition coefficient (Wildman–Crippen LogP) is 4.12. The van der Waals surface area contributed by atoms with Crippen LogP contribution in [0.5, 0.6) is 0 Å². The predicted molar refractivity (Wildman–Crippen MR) is 95.6 cm³/mol. The lowest BCUT2D eigenvalue weighted by Crippen LogP contribution is -2.57. The molecule has 0 aromatic heterocycles. The number of carbonyl (C=O) groups is 1. The normalized spacial score (nSPS) is 23.5. The molecule has 1 saturated heterocycles. The Morgan fingerprint density at radius 2 is 2.08 bits per heavy atom. The largest absolute Gasteiger partial charge is 0.444 e. The van der Waals surface area contributed by atoms with Gasteiger partial charge in [0, 0.05) is 0 Å². The molecular weight excluding hydrogens is 302 g/mol. The summed E-state index contributed by atoms with van der Waals surface area (Å²) < 4.78 is 11.3. The number of fused-ring (bicyclic) bond motifs is 2. The van der Waals surface area contributed by atoms with Crippen LogP contribution in [0.15, 0.2) is 36.9 Å². The lowest BCUT2D eigenvalue weighted by atomic mass is 9.88. The summed E-state index contributed by atoms with van der Waals surface area (Å²) in [5.41, 5.74) is 3.07. The zero-order valence-electron chi connectivity index (χ0n) is 14.6. The third-order valence-corrected chi connectivity index (χ3v) is 4.33. The van der Waals surface area contributed by atoms with Gasteiger partial charge >= 0.3 is 6.09 Å². The summed E-state index contributed by atoms with van der Waals surface area (Å²) in [5, 5.41) is 0. The fourth-order valence-electron chi connectivity index (χ4n) is 3.36. The molecule has 2 aliphatic rings. The average molecular weight is 327 g/mol. The fraction of sp³-hybridized carbons (Fsp3) is 0.450. The molecule has 0 radical (unpaired) electrons. The van der Waals surface area contributed by atoms with Gasteiger partial charge in [-0.25, -0.2) is 4.79 Å². The van der Waals surface area contributed by atoms with Crippen molar-refractivity contribution in [1.29, 1.82) is 0 Å². The molecule has 0 saturated carbocycles. The molecule has 128 valence electrons. The third-order valence-electron chi connectivity index (χ3n) is 4.33. The second kappa shape index (κ2) is 6.44. The molecule has 0 aliphatic carbocycles. The van der Waals surface area contributed by atoms with Crippen molar-refractivity contribution in [2.75, 3.05) is 13.2 Å². The molecule has 1 aromatic carbocycles. The van der Waals surface area contributed by atoms with E-state index in [1.165, 1.54) is 11.1 Å². The van der Waals surface area contributed by atoms with Crippen molar-refractivity contribution in [3.63, 3.8) is 0 Å².